The van der Waals surface area contributed by atoms with Crippen molar-refractivity contribution in [3.05, 3.63) is 11.6 Å². The van der Waals surface area contributed by atoms with E-state index in [9.17, 15) is 0 Å². The third-order valence-electron chi connectivity index (χ3n) is 5.69. The third-order valence-corrected chi connectivity index (χ3v) is 5.69. The Morgan fingerprint density at radius 3 is 2.66 bits per heavy atom. The molecule has 2 N–H and O–H groups in total. The van der Waals surface area contributed by atoms with Crippen LogP contribution in [0.1, 0.15) is 76.4 Å². The second-order valence-corrected chi connectivity index (χ2v) is 7.92. The van der Waals surface area contributed by atoms with Gasteiger partial charge in [0.05, 0.1) is 19.3 Å². The summed E-state index contributed by atoms with van der Waals surface area (Å²) in [5.74, 6) is 3.11. The molecule has 7 nitrogen and oxygen atoms in total. The predicted octanol–water partition coefficient (Wildman–Crippen LogP) is 3.46. The van der Waals surface area contributed by atoms with Gasteiger partial charge in [-0.15, -0.1) is 34.2 Å². The Bertz CT molecular complexity index is 598. The molecule has 1 aliphatic carbocycles. The molecule has 29 heavy (non-hydrogen) atoms. The molecule has 166 valence electrons. The molecule has 0 bridgehead atoms. The highest BCUT2D eigenvalue weighted by atomic mass is 127. The SMILES string of the molecule is CCNC(=NCCOC1CCCCCC1)NCCc1nnc2n1CCCCC2.I. The van der Waals surface area contributed by atoms with Crippen LogP contribution in [0.2, 0.25) is 0 Å². The van der Waals surface area contributed by atoms with Gasteiger partial charge >= 0.3 is 0 Å². The molecule has 1 saturated carbocycles. The summed E-state index contributed by atoms with van der Waals surface area (Å²) in [4.78, 5) is 4.67. The molecule has 8 heteroatoms. The van der Waals surface area contributed by atoms with Crippen molar-refractivity contribution >= 4 is 29.9 Å². The lowest BCUT2D eigenvalue weighted by atomic mass is 10.1. The van der Waals surface area contributed by atoms with Gasteiger partial charge in [-0.05, 0) is 32.6 Å². The number of guanidine groups is 1. The van der Waals surface area contributed by atoms with Gasteiger partial charge in [-0.2, -0.15) is 0 Å². The molecule has 1 fully saturated rings. The predicted molar refractivity (Wildman–Crippen MR) is 128 cm³/mol. The van der Waals surface area contributed by atoms with Crippen LogP contribution in [-0.4, -0.2) is 53.1 Å². The van der Waals surface area contributed by atoms with Crippen LogP contribution in [0.4, 0.5) is 0 Å². The van der Waals surface area contributed by atoms with Crippen LogP contribution < -0.4 is 10.6 Å². The number of aryl methyl sites for hydroxylation is 1. The van der Waals surface area contributed by atoms with Crippen LogP contribution in [0.3, 0.4) is 0 Å². The summed E-state index contributed by atoms with van der Waals surface area (Å²) < 4.78 is 8.36. The highest BCUT2D eigenvalue weighted by Crippen LogP contribution is 2.19. The summed E-state index contributed by atoms with van der Waals surface area (Å²) in [7, 11) is 0. The van der Waals surface area contributed by atoms with Crippen molar-refractivity contribution in [2.45, 2.75) is 90.2 Å². The molecule has 0 amide bonds. The van der Waals surface area contributed by atoms with Gasteiger partial charge in [0, 0.05) is 32.5 Å². The van der Waals surface area contributed by atoms with Crippen molar-refractivity contribution in [1.82, 2.24) is 25.4 Å². The molecule has 3 rings (SSSR count). The second kappa shape index (κ2) is 14.2. The third kappa shape index (κ3) is 8.39. The zero-order valence-electron chi connectivity index (χ0n) is 18.0. The minimum atomic E-state index is 0. The Labute approximate surface area is 192 Å². The molecule has 1 aromatic rings. The zero-order chi connectivity index (χ0) is 19.4. The van der Waals surface area contributed by atoms with Crippen molar-refractivity contribution < 1.29 is 4.74 Å². The van der Waals surface area contributed by atoms with Gasteiger partial charge in [0.1, 0.15) is 11.6 Å². The van der Waals surface area contributed by atoms with E-state index in [0.29, 0.717) is 19.3 Å². The van der Waals surface area contributed by atoms with Crippen molar-refractivity contribution in [2.75, 3.05) is 26.2 Å². The molecule has 1 aliphatic heterocycles. The normalized spacial score (nSPS) is 18.3. The molecule has 0 aromatic carbocycles. The summed E-state index contributed by atoms with van der Waals surface area (Å²) >= 11 is 0. The molecule has 0 radical (unpaired) electrons. The molecule has 2 heterocycles. The number of rotatable bonds is 8. The number of nitrogens with one attached hydrogen (secondary N) is 2. The number of ether oxygens (including phenoxy) is 1. The lowest BCUT2D eigenvalue weighted by molar-refractivity contribution is 0.0487. The van der Waals surface area contributed by atoms with Crippen LogP contribution in [0.25, 0.3) is 0 Å². The molecule has 0 atom stereocenters. The quantitative estimate of drug-likeness (QED) is 0.181. The lowest BCUT2D eigenvalue weighted by Gasteiger charge is -2.15. The number of aromatic nitrogens is 3. The molecule has 0 unspecified atom stereocenters. The van der Waals surface area contributed by atoms with E-state index in [4.69, 9.17) is 4.74 Å². The maximum atomic E-state index is 6.04. The summed E-state index contributed by atoms with van der Waals surface area (Å²) in [6, 6.07) is 0. The van der Waals surface area contributed by atoms with Crippen molar-refractivity contribution in [2.24, 2.45) is 4.99 Å². The minimum Gasteiger partial charge on any atom is -0.376 e. The largest absolute Gasteiger partial charge is 0.376 e. The van der Waals surface area contributed by atoms with Crippen LogP contribution >= 0.6 is 24.0 Å². The van der Waals surface area contributed by atoms with Gasteiger partial charge in [-0.1, -0.05) is 32.1 Å². The van der Waals surface area contributed by atoms with Crippen LogP contribution in [0, 0.1) is 0 Å². The molecule has 0 spiro atoms. The average Bonchev–Trinajstić information content (AvgIpc) is 2.91. The molecular weight excluding hydrogens is 479 g/mol. The van der Waals surface area contributed by atoms with E-state index < -0.39 is 0 Å². The Kier molecular flexibility index (Phi) is 11.9. The van der Waals surface area contributed by atoms with Crippen LogP contribution in [-0.2, 0) is 24.1 Å². The number of halogens is 1. The van der Waals surface area contributed by atoms with Crippen LogP contribution in [0.15, 0.2) is 4.99 Å². The Morgan fingerprint density at radius 2 is 1.86 bits per heavy atom. The topological polar surface area (TPSA) is 76.4 Å². The Hall–Kier alpha value is -0.900. The van der Waals surface area contributed by atoms with Crippen LogP contribution in [0.5, 0.6) is 0 Å². The summed E-state index contributed by atoms with van der Waals surface area (Å²) in [6.07, 6.45) is 13.9. The highest BCUT2D eigenvalue weighted by Gasteiger charge is 2.14. The van der Waals surface area contributed by atoms with E-state index in [0.717, 1.165) is 50.1 Å². The molecule has 1 aromatic heterocycles. The zero-order valence-corrected chi connectivity index (χ0v) is 20.3. The number of hydrogen-bond acceptors (Lipinski definition) is 4. The minimum absolute atomic E-state index is 0. The van der Waals surface area contributed by atoms with Gasteiger partial charge in [0.25, 0.3) is 0 Å². The lowest BCUT2D eigenvalue weighted by Crippen LogP contribution is -2.38. The Balaban J connectivity index is 0.00000300. The van der Waals surface area contributed by atoms with Crippen molar-refractivity contribution in [3.63, 3.8) is 0 Å². The number of nitrogens with zero attached hydrogens (tertiary/aromatic N) is 4. The first-order valence-corrected chi connectivity index (χ1v) is 11.4. The van der Waals surface area contributed by atoms with Gasteiger partial charge in [0.15, 0.2) is 5.96 Å². The monoisotopic (exact) mass is 518 g/mol. The van der Waals surface area contributed by atoms with E-state index >= 15 is 0 Å². The highest BCUT2D eigenvalue weighted by molar-refractivity contribution is 14.0. The van der Waals surface area contributed by atoms with E-state index in [2.05, 4.69) is 37.3 Å². The number of aliphatic imine (C=N–C) groups is 1. The first kappa shape index (κ1) is 24.4. The summed E-state index contributed by atoms with van der Waals surface area (Å²) in [6.45, 7) is 6.23. The standard InChI is InChI=1S/C21H38N6O.HI/c1-2-22-21(24-15-17-28-18-10-6-3-4-7-11-18)23-14-13-20-26-25-19-12-8-5-9-16-27(19)20;/h18H,2-17H2,1H3,(H2,22,23,24);1H. The van der Waals surface area contributed by atoms with Gasteiger partial charge in [-0.3, -0.25) is 4.99 Å². The average molecular weight is 518 g/mol. The summed E-state index contributed by atoms with van der Waals surface area (Å²) in [5, 5.41) is 15.6. The van der Waals surface area contributed by atoms with E-state index in [1.54, 1.807) is 0 Å². The van der Waals surface area contributed by atoms with Gasteiger partial charge in [-0.25, -0.2) is 0 Å². The molecular formula is C21H39IN6O. The maximum absolute atomic E-state index is 6.04. The van der Waals surface area contributed by atoms with Gasteiger partial charge < -0.3 is 19.9 Å². The molecule has 0 saturated heterocycles. The number of hydrogen-bond donors (Lipinski definition) is 2. The van der Waals surface area contributed by atoms with E-state index in [1.807, 2.05) is 0 Å². The fourth-order valence-corrected chi connectivity index (χ4v) is 4.15. The summed E-state index contributed by atoms with van der Waals surface area (Å²) in [5.41, 5.74) is 0. The van der Waals surface area contributed by atoms with E-state index in [-0.39, 0.29) is 24.0 Å². The molecule has 2 aliphatic rings. The maximum Gasteiger partial charge on any atom is 0.191 e. The van der Waals surface area contributed by atoms with E-state index in [1.165, 1.54) is 57.8 Å². The van der Waals surface area contributed by atoms with Gasteiger partial charge in [0.2, 0.25) is 0 Å². The van der Waals surface area contributed by atoms with Crippen molar-refractivity contribution in [3.8, 4) is 0 Å². The first-order chi connectivity index (χ1) is 13.9. The van der Waals surface area contributed by atoms with Crippen molar-refractivity contribution in [1.29, 1.82) is 0 Å². The Morgan fingerprint density at radius 1 is 1.07 bits per heavy atom. The first-order valence-electron chi connectivity index (χ1n) is 11.4. The fourth-order valence-electron chi connectivity index (χ4n) is 4.15. The smallest absolute Gasteiger partial charge is 0.191 e. The number of fused-ring (bicyclic) bond motifs is 1. The fraction of sp³-hybridized carbons (Fsp3) is 0.857. The second-order valence-electron chi connectivity index (χ2n) is 7.92.